The van der Waals surface area contributed by atoms with Crippen molar-refractivity contribution in [3.63, 3.8) is 0 Å². The third kappa shape index (κ3) is 2.49. The van der Waals surface area contributed by atoms with Crippen molar-refractivity contribution in [2.45, 2.75) is 38.3 Å². The molecule has 6 heteroatoms. The first kappa shape index (κ1) is 14.8. The largest absolute Gasteiger partial charge is 0.394 e. The second-order valence-electron chi connectivity index (χ2n) is 4.73. The third-order valence-corrected chi connectivity index (χ3v) is 3.39. The van der Waals surface area contributed by atoms with Crippen LogP contribution < -0.4 is 5.73 Å². The number of ether oxygens (including phenoxy) is 1. The Morgan fingerprint density at radius 2 is 2.10 bits per heavy atom. The minimum atomic E-state index is -1.14. The number of aliphatic hydroxyl groups is 3. The summed E-state index contributed by atoms with van der Waals surface area (Å²) in [4.78, 5) is 4.19. The van der Waals surface area contributed by atoms with Crippen LogP contribution in [0, 0.1) is 18.8 Å². The fraction of sp³-hybridized carbons (Fsp3) is 0.500. The summed E-state index contributed by atoms with van der Waals surface area (Å²) in [5.74, 6) is 5.88. The van der Waals surface area contributed by atoms with Crippen molar-refractivity contribution in [3.8, 4) is 11.8 Å². The van der Waals surface area contributed by atoms with Crippen LogP contribution in [-0.4, -0.2) is 45.2 Å². The molecule has 4 atom stereocenters. The summed E-state index contributed by atoms with van der Waals surface area (Å²) in [5.41, 5.74) is 7.54. The SMILES string of the molecule is CC#Cc1cc([C@@H]2O[C@H](CO)[C@@H](O)[C@H]2O)c(C)nc1N. The quantitative estimate of drug-likeness (QED) is 0.543. The summed E-state index contributed by atoms with van der Waals surface area (Å²) < 4.78 is 5.50. The van der Waals surface area contributed by atoms with Crippen LogP contribution in [-0.2, 0) is 4.74 Å². The van der Waals surface area contributed by atoms with E-state index in [4.69, 9.17) is 15.6 Å². The highest BCUT2D eigenvalue weighted by molar-refractivity contribution is 5.53. The van der Waals surface area contributed by atoms with E-state index in [1.54, 1.807) is 19.9 Å². The number of pyridine rings is 1. The molecule has 6 nitrogen and oxygen atoms in total. The number of nitrogens with zero attached hydrogens (tertiary/aromatic N) is 1. The van der Waals surface area contributed by atoms with E-state index in [2.05, 4.69) is 16.8 Å². The summed E-state index contributed by atoms with van der Waals surface area (Å²) in [6, 6.07) is 1.70. The monoisotopic (exact) mass is 278 g/mol. The number of aliphatic hydroxyl groups excluding tert-OH is 3. The van der Waals surface area contributed by atoms with Crippen LogP contribution in [0.5, 0.6) is 0 Å². The molecule has 0 radical (unpaired) electrons. The van der Waals surface area contributed by atoms with Crippen LogP contribution in [0.3, 0.4) is 0 Å². The first-order valence-electron chi connectivity index (χ1n) is 6.31. The molecular weight excluding hydrogens is 260 g/mol. The molecule has 20 heavy (non-hydrogen) atoms. The average molecular weight is 278 g/mol. The van der Waals surface area contributed by atoms with Gasteiger partial charge in [-0.05, 0) is 19.9 Å². The fourth-order valence-corrected chi connectivity index (χ4v) is 2.32. The van der Waals surface area contributed by atoms with E-state index in [1.165, 1.54) is 0 Å². The molecule has 5 N–H and O–H groups in total. The summed E-state index contributed by atoms with van der Waals surface area (Å²) in [6.45, 7) is 3.06. The number of hydrogen-bond donors (Lipinski definition) is 4. The Balaban J connectivity index is 2.42. The lowest BCUT2D eigenvalue weighted by Crippen LogP contribution is -2.32. The van der Waals surface area contributed by atoms with Gasteiger partial charge in [-0.15, -0.1) is 5.92 Å². The van der Waals surface area contributed by atoms with Gasteiger partial charge in [0.15, 0.2) is 0 Å². The summed E-state index contributed by atoms with van der Waals surface area (Å²) in [6.07, 6.45) is -3.83. The van der Waals surface area contributed by atoms with Gasteiger partial charge >= 0.3 is 0 Å². The topological polar surface area (TPSA) is 109 Å². The maximum Gasteiger partial charge on any atom is 0.139 e. The van der Waals surface area contributed by atoms with Crippen LogP contribution in [0.2, 0.25) is 0 Å². The van der Waals surface area contributed by atoms with E-state index in [-0.39, 0.29) is 6.61 Å². The molecule has 1 saturated heterocycles. The minimum Gasteiger partial charge on any atom is -0.394 e. The number of aryl methyl sites for hydroxylation is 1. The third-order valence-electron chi connectivity index (χ3n) is 3.39. The van der Waals surface area contributed by atoms with Gasteiger partial charge in [0.25, 0.3) is 0 Å². The van der Waals surface area contributed by atoms with E-state index in [1.807, 2.05) is 0 Å². The Morgan fingerprint density at radius 1 is 1.40 bits per heavy atom. The fourth-order valence-electron chi connectivity index (χ4n) is 2.32. The second kappa shape index (κ2) is 5.77. The lowest BCUT2D eigenvalue weighted by Gasteiger charge is -2.17. The van der Waals surface area contributed by atoms with E-state index < -0.39 is 24.4 Å². The molecule has 1 aliphatic rings. The van der Waals surface area contributed by atoms with Crippen LogP contribution >= 0.6 is 0 Å². The molecular formula is C14H18N2O4. The van der Waals surface area contributed by atoms with Crippen molar-refractivity contribution in [2.75, 3.05) is 12.3 Å². The molecule has 1 aromatic heterocycles. The highest BCUT2D eigenvalue weighted by Gasteiger charge is 2.43. The predicted molar refractivity (Wildman–Crippen MR) is 72.7 cm³/mol. The minimum absolute atomic E-state index is 0.312. The maximum atomic E-state index is 10.0. The van der Waals surface area contributed by atoms with Crippen molar-refractivity contribution in [1.29, 1.82) is 0 Å². The molecule has 0 aliphatic carbocycles. The number of rotatable bonds is 2. The maximum absolute atomic E-state index is 10.0. The van der Waals surface area contributed by atoms with E-state index in [0.717, 1.165) is 0 Å². The molecule has 0 saturated carbocycles. The summed E-state index contributed by atoms with van der Waals surface area (Å²) >= 11 is 0. The zero-order valence-corrected chi connectivity index (χ0v) is 11.4. The summed E-state index contributed by atoms with van der Waals surface area (Å²) in [7, 11) is 0. The summed E-state index contributed by atoms with van der Waals surface area (Å²) in [5, 5.41) is 29.0. The molecule has 2 heterocycles. The zero-order valence-electron chi connectivity index (χ0n) is 11.4. The Bertz CT molecular complexity index is 564. The molecule has 1 fully saturated rings. The van der Waals surface area contributed by atoms with Crippen molar-refractivity contribution in [3.05, 3.63) is 22.9 Å². The van der Waals surface area contributed by atoms with E-state index >= 15 is 0 Å². The Labute approximate surface area is 117 Å². The molecule has 0 bridgehead atoms. The van der Waals surface area contributed by atoms with Crippen molar-refractivity contribution < 1.29 is 20.1 Å². The Hall–Kier alpha value is -1.65. The Kier molecular flexibility index (Phi) is 4.26. The zero-order chi connectivity index (χ0) is 14.9. The van der Waals surface area contributed by atoms with Crippen molar-refractivity contribution in [2.24, 2.45) is 0 Å². The van der Waals surface area contributed by atoms with Gasteiger partial charge in [0.2, 0.25) is 0 Å². The number of hydrogen-bond acceptors (Lipinski definition) is 6. The first-order valence-corrected chi connectivity index (χ1v) is 6.31. The van der Waals surface area contributed by atoms with Gasteiger partial charge in [-0.25, -0.2) is 4.98 Å². The lowest BCUT2D eigenvalue weighted by atomic mass is 9.99. The van der Waals surface area contributed by atoms with Crippen molar-refractivity contribution >= 4 is 5.82 Å². The van der Waals surface area contributed by atoms with Crippen molar-refractivity contribution in [1.82, 2.24) is 4.98 Å². The number of nitrogens with two attached hydrogens (primary N) is 1. The number of nitrogen functional groups attached to an aromatic ring is 1. The van der Waals surface area contributed by atoms with Gasteiger partial charge in [-0.3, -0.25) is 0 Å². The van der Waals surface area contributed by atoms with Gasteiger partial charge in [-0.2, -0.15) is 0 Å². The molecule has 2 rings (SSSR count). The molecule has 108 valence electrons. The number of anilines is 1. The van der Waals surface area contributed by atoms with Crippen LogP contribution in [0.4, 0.5) is 5.82 Å². The molecule has 1 aromatic rings. The highest BCUT2D eigenvalue weighted by atomic mass is 16.6. The number of aromatic nitrogens is 1. The normalized spacial score (nSPS) is 29.1. The smallest absolute Gasteiger partial charge is 0.139 e. The average Bonchev–Trinajstić information content (AvgIpc) is 2.70. The molecule has 0 aromatic carbocycles. The van der Waals surface area contributed by atoms with Crippen LogP contribution in [0.15, 0.2) is 6.07 Å². The van der Waals surface area contributed by atoms with Crippen LogP contribution in [0.25, 0.3) is 0 Å². The van der Waals surface area contributed by atoms with E-state index in [0.29, 0.717) is 22.6 Å². The molecule has 0 unspecified atom stereocenters. The lowest BCUT2D eigenvalue weighted by molar-refractivity contribution is -0.0230. The van der Waals surface area contributed by atoms with Crippen LogP contribution in [0.1, 0.15) is 29.8 Å². The second-order valence-corrected chi connectivity index (χ2v) is 4.73. The van der Waals surface area contributed by atoms with Gasteiger partial charge < -0.3 is 25.8 Å². The Morgan fingerprint density at radius 3 is 2.65 bits per heavy atom. The van der Waals surface area contributed by atoms with Gasteiger partial charge in [-0.1, -0.05) is 5.92 Å². The standard InChI is InChI=1S/C14H18N2O4/c1-3-4-8-5-9(7(2)16-14(8)15)13-12(19)11(18)10(6-17)20-13/h5,10-13,17-19H,6H2,1-2H3,(H2,15,16)/t10-,11-,12-,13+/m1/s1. The highest BCUT2D eigenvalue weighted by Crippen LogP contribution is 2.35. The van der Waals surface area contributed by atoms with Gasteiger partial charge in [0.1, 0.15) is 30.2 Å². The molecule has 1 aliphatic heterocycles. The molecule has 0 amide bonds. The van der Waals surface area contributed by atoms with Gasteiger partial charge in [0, 0.05) is 11.3 Å². The van der Waals surface area contributed by atoms with E-state index in [9.17, 15) is 10.2 Å². The predicted octanol–water partition coefficient (Wildman–Crippen LogP) is -0.502. The molecule has 0 spiro atoms. The first-order chi connectivity index (χ1) is 9.49. The van der Waals surface area contributed by atoms with Gasteiger partial charge in [0.05, 0.1) is 12.2 Å².